The van der Waals surface area contributed by atoms with E-state index < -0.39 is 23.6 Å². The van der Waals surface area contributed by atoms with Crippen molar-refractivity contribution in [1.29, 1.82) is 5.26 Å². The number of aromatic nitrogens is 1. The first-order valence-electron chi connectivity index (χ1n) is 3.20. The minimum absolute atomic E-state index is 0.325. The monoisotopic (exact) mass is 187 g/mol. The van der Waals surface area contributed by atoms with Crippen LogP contribution in [-0.4, -0.2) is 4.98 Å². The van der Waals surface area contributed by atoms with Crippen LogP contribution in [0, 0.1) is 17.1 Å². The van der Waals surface area contributed by atoms with Gasteiger partial charge in [0.05, 0.1) is 5.69 Å². The molecule has 0 aliphatic carbocycles. The van der Waals surface area contributed by atoms with Crippen molar-refractivity contribution < 1.29 is 13.2 Å². The highest BCUT2D eigenvalue weighted by Gasteiger charge is 2.18. The first kappa shape index (κ1) is 9.32. The molecule has 0 radical (unpaired) electrons. The van der Waals surface area contributed by atoms with E-state index in [4.69, 9.17) is 11.0 Å². The van der Waals surface area contributed by atoms with Crippen molar-refractivity contribution in [1.82, 2.24) is 4.98 Å². The lowest BCUT2D eigenvalue weighted by Crippen LogP contribution is -2.02. The number of pyridine rings is 1. The van der Waals surface area contributed by atoms with E-state index in [9.17, 15) is 13.2 Å². The maximum Gasteiger partial charge on any atom is 0.283 e. The number of nitriles is 1. The van der Waals surface area contributed by atoms with Crippen molar-refractivity contribution in [2.75, 3.05) is 5.73 Å². The molecule has 0 saturated heterocycles. The molecule has 0 amide bonds. The van der Waals surface area contributed by atoms with Gasteiger partial charge in [0.25, 0.3) is 6.43 Å². The summed E-state index contributed by atoms with van der Waals surface area (Å²) >= 11 is 0. The van der Waals surface area contributed by atoms with Gasteiger partial charge in [0.2, 0.25) is 0 Å². The normalized spacial score (nSPS) is 10.1. The van der Waals surface area contributed by atoms with Crippen LogP contribution < -0.4 is 5.73 Å². The second-order valence-electron chi connectivity index (χ2n) is 2.21. The fourth-order valence-corrected chi connectivity index (χ4v) is 0.772. The van der Waals surface area contributed by atoms with Crippen molar-refractivity contribution in [2.45, 2.75) is 6.43 Å². The minimum atomic E-state index is -3.07. The minimum Gasteiger partial charge on any atom is -0.396 e. The summed E-state index contributed by atoms with van der Waals surface area (Å²) in [5, 5.41) is 8.32. The fourth-order valence-electron chi connectivity index (χ4n) is 0.772. The highest BCUT2D eigenvalue weighted by molar-refractivity contribution is 5.45. The fraction of sp³-hybridized carbons (Fsp3) is 0.143. The van der Waals surface area contributed by atoms with Gasteiger partial charge >= 0.3 is 0 Å². The second kappa shape index (κ2) is 3.31. The van der Waals surface area contributed by atoms with Crippen LogP contribution in [0.4, 0.5) is 18.9 Å². The molecule has 0 aromatic carbocycles. The number of rotatable bonds is 1. The Labute approximate surface area is 71.6 Å². The Kier molecular flexibility index (Phi) is 2.37. The Morgan fingerprint density at radius 1 is 1.54 bits per heavy atom. The number of halogens is 3. The van der Waals surface area contributed by atoms with Crippen molar-refractivity contribution in [3.63, 3.8) is 0 Å². The molecular weight excluding hydrogens is 183 g/mol. The molecule has 0 spiro atoms. The Hall–Kier alpha value is -1.77. The molecule has 0 atom stereocenters. The molecule has 1 heterocycles. The van der Waals surface area contributed by atoms with Crippen LogP contribution in [0.1, 0.15) is 17.8 Å². The largest absolute Gasteiger partial charge is 0.396 e. The Morgan fingerprint density at radius 3 is 2.62 bits per heavy atom. The van der Waals surface area contributed by atoms with Crippen LogP contribution in [0.25, 0.3) is 0 Å². The van der Waals surface area contributed by atoms with E-state index in [1.165, 1.54) is 6.07 Å². The van der Waals surface area contributed by atoms with E-state index in [0.29, 0.717) is 0 Å². The Bertz CT molecular complexity index is 370. The molecule has 1 rings (SSSR count). The number of hydrogen-bond acceptors (Lipinski definition) is 3. The molecule has 2 N–H and O–H groups in total. The second-order valence-corrected chi connectivity index (χ2v) is 2.21. The lowest BCUT2D eigenvalue weighted by molar-refractivity contribution is 0.140. The van der Waals surface area contributed by atoms with E-state index in [1.54, 1.807) is 0 Å². The summed E-state index contributed by atoms with van der Waals surface area (Å²) in [4.78, 5) is 3.08. The molecule has 0 saturated carbocycles. The van der Waals surface area contributed by atoms with Crippen molar-refractivity contribution in [2.24, 2.45) is 0 Å². The maximum atomic E-state index is 12.8. The van der Waals surface area contributed by atoms with Gasteiger partial charge in [0.1, 0.15) is 17.5 Å². The summed E-state index contributed by atoms with van der Waals surface area (Å²) in [7, 11) is 0. The van der Waals surface area contributed by atoms with Gasteiger partial charge in [0.15, 0.2) is 5.82 Å². The molecule has 3 nitrogen and oxygen atoms in total. The zero-order valence-corrected chi connectivity index (χ0v) is 6.26. The summed E-state index contributed by atoms with van der Waals surface area (Å²) in [5.74, 6) is -1.27. The van der Waals surface area contributed by atoms with Gasteiger partial charge in [-0.1, -0.05) is 0 Å². The number of nitrogens with two attached hydrogens (primary N) is 1. The molecule has 0 aliphatic heterocycles. The van der Waals surface area contributed by atoms with Gasteiger partial charge in [-0.3, -0.25) is 0 Å². The van der Waals surface area contributed by atoms with Gasteiger partial charge in [0, 0.05) is 6.07 Å². The number of alkyl halides is 2. The standard InChI is InChI=1S/C7H4F3N3/c8-5-4(12)1-3(2-11)13-6(5)7(9)10/h1,7H,(H2,12,13). The summed E-state index contributed by atoms with van der Waals surface area (Å²) < 4.78 is 36.9. The first-order valence-corrected chi connectivity index (χ1v) is 3.20. The first-order chi connectivity index (χ1) is 6.06. The molecule has 6 heteroatoms. The van der Waals surface area contributed by atoms with Gasteiger partial charge < -0.3 is 5.73 Å². The average Bonchev–Trinajstić information content (AvgIpc) is 2.09. The zero-order valence-electron chi connectivity index (χ0n) is 6.26. The average molecular weight is 187 g/mol. The smallest absolute Gasteiger partial charge is 0.283 e. The number of anilines is 1. The number of hydrogen-bond donors (Lipinski definition) is 1. The quantitative estimate of drug-likeness (QED) is 0.726. The molecule has 1 aromatic rings. The molecule has 0 bridgehead atoms. The summed E-state index contributed by atoms with van der Waals surface area (Å²) in [5.41, 5.74) is 3.13. The maximum absolute atomic E-state index is 12.8. The van der Waals surface area contributed by atoms with Crippen molar-refractivity contribution in [3.05, 3.63) is 23.3 Å². The summed E-state index contributed by atoms with van der Waals surface area (Å²) in [6.07, 6.45) is -3.07. The van der Waals surface area contributed by atoms with Crippen LogP contribution in [0.5, 0.6) is 0 Å². The number of nitrogen functional groups attached to an aromatic ring is 1. The molecule has 0 aliphatic rings. The SMILES string of the molecule is N#Cc1cc(N)c(F)c(C(F)F)n1. The van der Waals surface area contributed by atoms with Gasteiger partial charge in [-0.2, -0.15) is 5.26 Å². The van der Waals surface area contributed by atoms with Gasteiger partial charge in [-0.25, -0.2) is 18.2 Å². The molecule has 0 unspecified atom stereocenters. The lowest BCUT2D eigenvalue weighted by atomic mass is 10.2. The summed E-state index contributed by atoms with van der Waals surface area (Å²) in [6.45, 7) is 0. The van der Waals surface area contributed by atoms with Crippen LogP contribution in [0.3, 0.4) is 0 Å². The van der Waals surface area contributed by atoms with E-state index in [1.807, 2.05) is 0 Å². The lowest BCUT2D eigenvalue weighted by Gasteiger charge is -2.03. The molecule has 68 valence electrons. The highest BCUT2D eigenvalue weighted by atomic mass is 19.3. The predicted molar refractivity (Wildman–Crippen MR) is 38.3 cm³/mol. The van der Waals surface area contributed by atoms with Crippen molar-refractivity contribution in [3.8, 4) is 6.07 Å². The van der Waals surface area contributed by atoms with Crippen LogP contribution in [0.2, 0.25) is 0 Å². The van der Waals surface area contributed by atoms with Crippen LogP contribution >= 0.6 is 0 Å². The van der Waals surface area contributed by atoms with E-state index in [0.717, 1.165) is 6.07 Å². The Balaban J connectivity index is 3.35. The molecule has 13 heavy (non-hydrogen) atoms. The third-order valence-electron chi connectivity index (χ3n) is 1.33. The number of nitrogens with zero attached hydrogens (tertiary/aromatic N) is 2. The van der Waals surface area contributed by atoms with E-state index in [2.05, 4.69) is 4.98 Å². The molecule has 0 fully saturated rings. The predicted octanol–water partition coefficient (Wildman–Crippen LogP) is 1.61. The topological polar surface area (TPSA) is 62.7 Å². The summed E-state index contributed by atoms with van der Waals surface area (Å²) in [6, 6.07) is 2.40. The third kappa shape index (κ3) is 1.69. The van der Waals surface area contributed by atoms with Crippen LogP contribution in [-0.2, 0) is 0 Å². The third-order valence-corrected chi connectivity index (χ3v) is 1.33. The molecular formula is C7H4F3N3. The van der Waals surface area contributed by atoms with Crippen LogP contribution in [0.15, 0.2) is 6.07 Å². The van der Waals surface area contributed by atoms with Crippen molar-refractivity contribution >= 4 is 5.69 Å². The molecule has 1 aromatic heterocycles. The van der Waals surface area contributed by atoms with Gasteiger partial charge in [-0.05, 0) is 0 Å². The van der Waals surface area contributed by atoms with Gasteiger partial charge in [-0.15, -0.1) is 0 Å². The van der Waals surface area contributed by atoms with E-state index >= 15 is 0 Å². The highest BCUT2D eigenvalue weighted by Crippen LogP contribution is 2.23. The Morgan fingerprint density at radius 2 is 2.15 bits per heavy atom. The zero-order chi connectivity index (χ0) is 10.0. The van der Waals surface area contributed by atoms with E-state index in [-0.39, 0.29) is 5.69 Å².